The first-order valence-electron chi connectivity index (χ1n) is 26.3. The Morgan fingerprint density at radius 1 is 0.544 bits per heavy atom. The summed E-state index contributed by atoms with van der Waals surface area (Å²) in [5.74, 6) is -0.486. The fourth-order valence-electron chi connectivity index (χ4n) is 8.77. The van der Waals surface area contributed by atoms with Crippen molar-refractivity contribution in [2.24, 2.45) is 5.92 Å². The molecule has 0 spiro atoms. The molecule has 19 heteroatoms. The molecule has 2 fully saturated rings. The number of phosphoric ester groups is 1. The number of rotatable bonds is 40. The zero-order valence-electron chi connectivity index (χ0n) is 41.6. The van der Waals surface area contributed by atoms with Crippen molar-refractivity contribution in [1.82, 2.24) is 0 Å². The van der Waals surface area contributed by atoms with Crippen LogP contribution in [0.4, 0.5) is 0 Å². The van der Waals surface area contributed by atoms with Crippen molar-refractivity contribution in [2.45, 2.75) is 274 Å². The lowest BCUT2D eigenvalue weighted by atomic mass is 9.84. The summed E-state index contributed by atoms with van der Waals surface area (Å²) in [7, 11) is -5.37. The number of esters is 2. The second kappa shape index (κ2) is 36.5. The van der Waals surface area contributed by atoms with Crippen molar-refractivity contribution in [3.05, 3.63) is 0 Å². The van der Waals surface area contributed by atoms with Crippen LogP contribution in [-0.2, 0) is 42.1 Å². The number of unbranched alkanes of at least 4 members (excludes halogenated alkanes) is 21. The van der Waals surface area contributed by atoms with E-state index in [0.29, 0.717) is 12.8 Å². The Bertz CT molecular complexity index is 1340. The van der Waals surface area contributed by atoms with Crippen molar-refractivity contribution in [3.8, 4) is 0 Å². The van der Waals surface area contributed by atoms with E-state index >= 15 is 0 Å². The van der Waals surface area contributed by atoms with E-state index in [1.54, 1.807) is 0 Å². The zero-order valence-corrected chi connectivity index (χ0v) is 42.5. The van der Waals surface area contributed by atoms with Gasteiger partial charge in [-0.3, -0.25) is 18.6 Å². The fourth-order valence-corrected chi connectivity index (χ4v) is 9.74. The van der Waals surface area contributed by atoms with Gasteiger partial charge in [0.2, 0.25) is 0 Å². The molecular formula is C49H93O18P. The van der Waals surface area contributed by atoms with Gasteiger partial charge in [-0.05, 0) is 18.8 Å². The predicted octanol–water partition coefficient (Wildman–Crippen LogP) is 6.18. The maximum absolute atomic E-state index is 13.4. The zero-order chi connectivity index (χ0) is 50.3. The van der Waals surface area contributed by atoms with Gasteiger partial charge in [-0.25, -0.2) is 4.57 Å². The van der Waals surface area contributed by atoms with Crippen LogP contribution in [0.3, 0.4) is 0 Å². The Hall–Kier alpha value is -1.35. The number of carbonyl (C=O) groups is 2. The lowest BCUT2D eigenvalue weighted by molar-refractivity contribution is -0.338. The quantitative estimate of drug-likeness (QED) is 0.0188. The van der Waals surface area contributed by atoms with E-state index < -0.39 is 113 Å². The molecular weight excluding hydrogens is 907 g/mol. The molecule has 14 atom stereocenters. The minimum atomic E-state index is -5.37. The van der Waals surface area contributed by atoms with Crippen LogP contribution in [-0.4, -0.2) is 151 Å². The van der Waals surface area contributed by atoms with Crippen LogP contribution in [0.25, 0.3) is 0 Å². The number of carbonyl (C=O) groups excluding carboxylic acids is 2. The van der Waals surface area contributed by atoms with Gasteiger partial charge in [0.05, 0.1) is 13.2 Å². The summed E-state index contributed by atoms with van der Waals surface area (Å²) in [5, 5.41) is 83.0. The lowest BCUT2D eigenvalue weighted by Crippen LogP contribution is -2.67. The van der Waals surface area contributed by atoms with E-state index in [0.717, 1.165) is 57.3 Å². The molecule has 0 aromatic rings. The Morgan fingerprint density at radius 2 is 0.971 bits per heavy atom. The van der Waals surface area contributed by atoms with E-state index in [2.05, 4.69) is 20.8 Å². The molecule has 0 radical (unpaired) electrons. The maximum atomic E-state index is 13.4. The minimum absolute atomic E-state index is 0.0369. The van der Waals surface area contributed by atoms with Crippen molar-refractivity contribution in [3.63, 3.8) is 0 Å². The molecule has 1 aliphatic heterocycles. The maximum Gasteiger partial charge on any atom is 0.472 e. The largest absolute Gasteiger partial charge is 0.472 e. The molecule has 1 saturated heterocycles. The molecule has 402 valence electrons. The number of aliphatic hydroxyl groups excluding tert-OH is 8. The SMILES string of the molecule is CCCCCCCCCCCCCCC(=O)OCC(COP(=O)(O)OC1C(O)C(O)C(O)C(O)C1OC1OC(CO)C(O)C(O)C1O)OC(=O)CCCCCCCCC(C)CCCCCCCC. The summed E-state index contributed by atoms with van der Waals surface area (Å²) in [6, 6.07) is 0. The molecule has 68 heavy (non-hydrogen) atoms. The summed E-state index contributed by atoms with van der Waals surface area (Å²) < 4.78 is 45.5. The standard InChI is InChI=1S/C49H93O18P/c1-4-6-8-10-12-13-14-15-16-17-22-26-30-38(51)62-33-36(64-39(52)31-27-23-19-18-21-25-29-35(3)28-24-20-11-9-7-5-2)34-63-68(60,61)67-48-45(58)43(56)42(55)44(57)47(48)66-49-46(59)41(54)40(53)37(32-50)65-49/h35-37,40-50,53-59H,4-34H2,1-3H3,(H,60,61). The predicted molar refractivity (Wildman–Crippen MR) is 254 cm³/mol. The molecule has 1 heterocycles. The van der Waals surface area contributed by atoms with E-state index in [4.69, 9.17) is 28.0 Å². The smallest absolute Gasteiger partial charge is 0.462 e. The van der Waals surface area contributed by atoms with Crippen LogP contribution < -0.4 is 0 Å². The third kappa shape index (κ3) is 25.3. The highest BCUT2D eigenvalue weighted by Crippen LogP contribution is 2.48. The van der Waals surface area contributed by atoms with E-state index in [1.165, 1.54) is 103 Å². The highest BCUT2D eigenvalue weighted by molar-refractivity contribution is 7.47. The molecule has 0 bridgehead atoms. The third-order valence-electron chi connectivity index (χ3n) is 13.2. The van der Waals surface area contributed by atoms with Crippen molar-refractivity contribution < 1.29 is 87.9 Å². The van der Waals surface area contributed by atoms with Crippen molar-refractivity contribution >= 4 is 19.8 Å². The number of aliphatic hydroxyl groups is 8. The van der Waals surface area contributed by atoms with Crippen LogP contribution in [0.15, 0.2) is 0 Å². The average molecular weight is 1000 g/mol. The Labute approximate surface area is 406 Å². The van der Waals surface area contributed by atoms with E-state index in [9.17, 15) is 59.9 Å². The molecule has 9 N–H and O–H groups in total. The van der Waals surface area contributed by atoms with Crippen molar-refractivity contribution in [1.29, 1.82) is 0 Å². The monoisotopic (exact) mass is 1000 g/mol. The first-order chi connectivity index (χ1) is 32.6. The number of phosphoric acid groups is 1. The van der Waals surface area contributed by atoms with Crippen molar-refractivity contribution in [2.75, 3.05) is 19.8 Å². The first kappa shape index (κ1) is 62.8. The highest BCUT2D eigenvalue weighted by atomic mass is 31.2. The van der Waals surface area contributed by atoms with Gasteiger partial charge < -0.3 is 64.7 Å². The van der Waals surface area contributed by atoms with E-state index in [-0.39, 0.29) is 12.8 Å². The first-order valence-corrected chi connectivity index (χ1v) is 27.7. The summed E-state index contributed by atoms with van der Waals surface area (Å²) in [6.45, 7) is 4.57. The summed E-state index contributed by atoms with van der Waals surface area (Å²) in [4.78, 5) is 36.6. The summed E-state index contributed by atoms with van der Waals surface area (Å²) >= 11 is 0. The van der Waals surface area contributed by atoms with Crippen LogP contribution >= 0.6 is 7.82 Å². The molecule has 18 nitrogen and oxygen atoms in total. The second-order valence-corrected chi connectivity index (χ2v) is 20.8. The molecule has 2 aliphatic rings. The van der Waals surface area contributed by atoms with Gasteiger partial charge in [0.25, 0.3) is 0 Å². The van der Waals surface area contributed by atoms with Crippen LogP contribution in [0.2, 0.25) is 0 Å². The van der Waals surface area contributed by atoms with Gasteiger partial charge in [0.1, 0.15) is 67.6 Å². The second-order valence-electron chi connectivity index (χ2n) is 19.4. The Balaban J connectivity index is 1.95. The van der Waals surface area contributed by atoms with Gasteiger partial charge in [-0.2, -0.15) is 0 Å². The lowest BCUT2D eigenvalue weighted by Gasteiger charge is -2.47. The van der Waals surface area contributed by atoms with Crippen LogP contribution in [0.5, 0.6) is 0 Å². The number of ether oxygens (including phenoxy) is 4. The summed E-state index contributed by atoms with van der Waals surface area (Å²) in [5.41, 5.74) is 0. The fraction of sp³-hybridized carbons (Fsp3) is 0.959. The van der Waals surface area contributed by atoms with Crippen LogP contribution in [0.1, 0.15) is 201 Å². The molecule has 0 amide bonds. The third-order valence-corrected chi connectivity index (χ3v) is 14.2. The van der Waals surface area contributed by atoms with Gasteiger partial charge in [0, 0.05) is 12.8 Å². The topological polar surface area (TPSA) is 289 Å². The van der Waals surface area contributed by atoms with Gasteiger partial charge in [-0.1, -0.05) is 175 Å². The minimum Gasteiger partial charge on any atom is -0.462 e. The Kier molecular flexibility index (Phi) is 33.7. The molecule has 1 aliphatic carbocycles. The number of hydrogen-bond donors (Lipinski definition) is 9. The average Bonchev–Trinajstić information content (AvgIpc) is 3.31. The van der Waals surface area contributed by atoms with Gasteiger partial charge >= 0.3 is 19.8 Å². The molecule has 2 rings (SSSR count). The van der Waals surface area contributed by atoms with E-state index in [1.807, 2.05) is 0 Å². The normalized spacial score (nSPS) is 28.2. The molecule has 14 unspecified atom stereocenters. The van der Waals surface area contributed by atoms with Gasteiger partial charge in [-0.15, -0.1) is 0 Å². The molecule has 0 aromatic heterocycles. The Morgan fingerprint density at radius 3 is 1.46 bits per heavy atom. The molecule has 1 saturated carbocycles. The summed E-state index contributed by atoms with van der Waals surface area (Å²) in [6.07, 6.45) is 6.16. The highest BCUT2D eigenvalue weighted by Gasteiger charge is 2.55. The van der Waals surface area contributed by atoms with Crippen LogP contribution in [0, 0.1) is 5.92 Å². The molecule has 0 aromatic carbocycles. The van der Waals surface area contributed by atoms with Gasteiger partial charge in [0.15, 0.2) is 12.4 Å². The number of hydrogen-bond acceptors (Lipinski definition) is 17.